The number of benzene rings is 1. The number of nitrogens with one attached hydrogen (secondary N) is 2. The molecule has 0 atom stereocenters. The molecule has 0 spiro atoms. The van der Waals surface area contributed by atoms with Gasteiger partial charge in [0.2, 0.25) is 0 Å². The van der Waals surface area contributed by atoms with Gasteiger partial charge in [-0.1, -0.05) is 46.8 Å². The molecule has 1 rings (SSSR count). The number of likely N-dealkylation sites (N-methyl/N-ethyl adjacent to an activating group) is 1. The quantitative estimate of drug-likeness (QED) is 0.792. The molecule has 1 aromatic carbocycles. The van der Waals surface area contributed by atoms with Crippen LogP contribution in [0.5, 0.6) is 0 Å². The summed E-state index contributed by atoms with van der Waals surface area (Å²) >= 11 is 0. The van der Waals surface area contributed by atoms with Crippen molar-refractivity contribution in [2.45, 2.75) is 40.0 Å². The van der Waals surface area contributed by atoms with E-state index >= 15 is 0 Å². The summed E-state index contributed by atoms with van der Waals surface area (Å²) in [6.07, 6.45) is 0. The molecule has 0 saturated heterocycles. The predicted octanol–water partition coefficient (Wildman–Crippen LogP) is 2.38. The normalized spacial score (nSPS) is 11.4. The van der Waals surface area contributed by atoms with Crippen LogP contribution in [0.2, 0.25) is 0 Å². The fourth-order valence-corrected chi connectivity index (χ4v) is 2.19. The summed E-state index contributed by atoms with van der Waals surface area (Å²) in [5.74, 6) is -1.23. The van der Waals surface area contributed by atoms with Gasteiger partial charge in [-0.25, -0.2) is 0 Å². The molecule has 5 nitrogen and oxygen atoms in total. The van der Waals surface area contributed by atoms with Gasteiger partial charge in [-0.2, -0.15) is 0 Å². The summed E-state index contributed by atoms with van der Waals surface area (Å²) < 4.78 is 0. The highest BCUT2D eigenvalue weighted by Crippen LogP contribution is 2.23. The summed E-state index contributed by atoms with van der Waals surface area (Å²) in [5, 5.41) is 5.27. The number of hydrogen-bond acceptors (Lipinski definition) is 3. The Morgan fingerprint density at radius 3 is 2.04 bits per heavy atom. The van der Waals surface area contributed by atoms with Crippen LogP contribution in [0.3, 0.4) is 0 Å². The fraction of sp³-hybridized carbons (Fsp3) is 0.556. The third-order valence-corrected chi connectivity index (χ3v) is 3.82. The molecule has 0 saturated carbocycles. The predicted molar refractivity (Wildman–Crippen MR) is 94.6 cm³/mol. The van der Waals surface area contributed by atoms with E-state index in [1.54, 1.807) is 0 Å². The van der Waals surface area contributed by atoms with E-state index in [4.69, 9.17) is 0 Å². The SMILES string of the molecule is CCN(CC)CCNC(=O)C(=O)Nc1ccc(C(C)(C)C)cc1. The van der Waals surface area contributed by atoms with Crippen LogP contribution in [-0.4, -0.2) is 42.9 Å². The Balaban J connectivity index is 2.47. The zero-order chi connectivity index (χ0) is 17.5. The molecule has 2 amide bonds. The third kappa shape index (κ3) is 6.40. The minimum absolute atomic E-state index is 0.0599. The monoisotopic (exact) mass is 319 g/mol. The van der Waals surface area contributed by atoms with E-state index in [-0.39, 0.29) is 5.41 Å². The van der Waals surface area contributed by atoms with Crippen LogP contribution < -0.4 is 10.6 Å². The molecule has 0 aromatic heterocycles. The van der Waals surface area contributed by atoms with Crippen LogP contribution in [0.4, 0.5) is 5.69 Å². The van der Waals surface area contributed by atoms with Gasteiger partial charge >= 0.3 is 11.8 Å². The Kier molecular flexibility index (Phi) is 7.23. The highest BCUT2D eigenvalue weighted by molar-refractivity contribution is 6.39. The number of anilines is 1. The molecule has 0 unspecified atom stereocenters. The topological polar surface area (TPSA) is 61.4 Å². The first-order chi connectivity index (χ1) is 10.8. The largest absolute Gasteiger partial charge is 0.347 e. The highest BCUT2D eigenvalue weighted by Gasteiger charge is 2.15. The van der Waals surface area contributed by atoms with Gasteiger partial charge in [0.15, 0.2) is 0 Å². The average molecular weight is 319 g/mol. The molecule has 0 radical (unpaired) electrons. The Morgan fingerprint density at radius 2 is 1.57 bits per heavy atom. The molecule has 0 fully saturated rings. The number of hydrogen-bond donors (Lipinski definition) is 2. The smallest absolute Gasteiger partial charge is 0.313 e. The minimum atomic E-state index is -0.631. The number of carbonyl (C=O) groups is 2. The standard InChI is InChI=1S/C18H29N3O2/c1-6-21(7-2)13-12-19-16(22)17(23)20-15-10-8-14(9-11-15)18(3,4)5/h8-11H,6-7,12-13H2,1-5H3,(H,19,22)(H,20,23). The van der Waals surface area contributed by atoms with Gasteiger partial charge in [0, 0.05) is 18.8 Å². The summed E-state index contributed by atoms with van der Waals surface area (Å²) in [7, 11) is 0. The van der Waals surface area contributed by atoms with Gasteiger partial charge < -0.3 is 15.5 Å². The van der Waals surface area contributed by atoms with E-state index < -0.39 is 11.8 Å². The van der Waals surface area contributed by atoms with Crippen molar-refractivity contribution >= 4 is 17.5 Å². The maximum atomic E-state index is 11.9. The zero-order valence-electron chi connectivity index (χ0n) is 14.9. The number of rotatable bonds is 6. The van der Waals surface area contributed by atoms with Crippen molar-refractivity contribution < 1.29 is 9.59 Å². The molecule has 0 aliphatic heterocycles. The minimum Gasteiger partial charge on any atom is -0.347 e. The first kappa shape index (κ1) is 19.2. The lowest BCUT2D eigenvalue weighted by molar-refractivity contribution is -0.136. The van der Waals surface area contributed by atoms with Crippen LogP contribution in [0.25, 0.3) is 0 Å². The maximum Gasteiger partial charge on any atom is 0.313 e. The summed E-state index contributed by atoms with van der Waals surface area (Å²) in [5.41, 5.74) is 1.87. The average Bonchev–Trinajstić information content (AvgIpc) is 2.51. The number of carbonyl (C=O) groups excluding carboxylic acids is 2. The second-order valence-corrected chi connectivity index (χ2v) is 6.56. The van der Waals surface area contributed by atoms with Crippen LogP contribution in [0, 0.1) is 0 Å². The number of amides is 2. The van der Waals surface area contributed by atoms with Gasteiger partial charge in [0.25, 0.3) is 0 Å². The van der Waals surface area contributed by atoms with Crippen molar-refractivity contribution in [3.63, 3.8) is 0 Å². The molecular formula is C18H29N3O2. The van der Waals surface area contributed by atoms with Crippen molar-refractivity contribution in [2.75, 3.05) is 31.5 Å². The second kappa shape index (κ2) is 8.67. The molecular weight excluding hydrogens is 290 g/mol. The van der Waals surface area contributed by atoms with Crippen molar-refractivity contribution in [3.05, 3.63) is 29.8 Å². The van der Waals surface area contributed by atoms with Crippen LogP contribution in [-0.2, 0) is 15.0 Å². The molecule has 2 N–H and O–H groups in total. The van der Waals surface area contributed by atoms with Crippen LogP contribution in [0.15, 0.2) is 24.3 Å². The first-order valence-corrected chi connectivity index (χ1v) is 8.20. The van der Waals surface area contributed by atoms with E-state index in [9.17, 15) is 9.59 Å². The number of nitrogens with zero attached hydrogens (tertiary/aromatic N) is 1. The summed E-state index contributed by atoms with van der Waals surface area (Å²) in [6.45, 7) is 13.6. The van der Waals surface area contributed by atoms with E-state index in [1.807, 2.05) is 24.3 Å². The molecule has 0 aliphatic carbocycles. The van der Waals surface area contributed by atoms with Crippen molar-refractivity contribution in [1.29, 1.82) is 0 Å². The van der Waals surface area contributed by atoms with Crippen molar-refractivity contribution in [2.24, 2.45) is 0 Å². The van der Waals surface area contributed by atoms with E-state index in [0.717, 1.165) is 19.6 Å². The molecule has 128 valence electrons. The van der Waals surface area contributed by atoms with Gasteiger partial charge in [-0.3, -0.25) is 9.59 Å². The first-order valence-electron chi connectivity index (χ1n) is 8.20. The van der Waals surface area contributed by atoms with Crippen molar-refractivity contribution in [1.82, 2.24) is 10.2 Å². The lowest BCUT2D eigenvalue weighted by Crippen LogP contribution is -2.40. The lowest BCUT2D eigenvalue weighted by atomic mass is 9.87. The van der Waals surface area contributed by atoms with E-state index in [0.29, 0.717) is 12.2 Å². The highest BCUT2D eigenvalue weighted by atomic mass is 16.2. The molecule has 0 aliphatic rings. The van der Waals surface area contributed by atoms with Crippen LogP contribution in [0.1, 0.15) is 40.2 Å². The third-order valence-electron chi connectivity index (χ3n) is 3.82. The molecule has 23 heavy (non-hydrogen) atoms. The van der Waals surface area contributed by atoms with Gasteiger partial charge in [0.05, 0.1) is 0 Å². The second-order valence-electron chi connectivity index (χ2n) is 6.56. The molecule has 5 heteroatoms. The van der Waals surface area contributed by atoms with Crippen molar-refractivity contribution in [3.8, 4) is 0 Å². The maximum absolute atomic E-state index is 11.9. The Hall–Kier alpha value is -1.88. The Labute approximate surface area is 139 Å². The molecule has 0 bridgehead atoms. The summed E-state index contributed by atoms with van der Waals surface area (Å²) in [4.78, 5) is 25.8. The van der Waals surface area contributed by atoms with E-state index in [2.05, 4.69) is 50.2 Å². The Morgan fingerprint density at radius 1 is 1.00 bits per heavy atom. The zero-order valence-corrected chi connectivity index (χ0v) is 14.9. The lowest BCUT2D eigenvalue weighted by Gasteiger charge is -2.19. The fourth-order valence-electron chi connectivity index (χ4n) is 2.19. The van der Waals surface area contributed by atoms with Gasteiger partial charge in [-0.05, 0) is 36.2 Å². The molecule has 1 aromatic rings. The van der Waals surface area contributed by atoms with Gasteiger partial charge in [-0.15, -0.1) is 0 Å². The van der Waals surface area contributed by atoms with E-state index in [1.165, 1.54) is 5.56 Å². The van der Waals surface area contributed by atoms with Crippen LogP contribution >= 0.6 is 0 Å². The summed E-state index contributed by atoms with van der Waals surface area (Å²) in [6, 6.07) is 7.57. The Bertz CT molecular complexity index is 514. The molecule has 0 heterocycles. The van der Waals surface area contributed by atoms with Gasteiger partial charge in [0.1, 0.15) is 0 Å².